The van der Waals surface area contributed by atoms with Crippen molar-refractivity contribution in [2.75, 3.05) is 7.11 Å². The van der Waals surface area contributed by atoms with E-state index in [-0.39, 0.29) is 17.7 Å². The molecule has 0 bridgehead atoms. The fraction of sp³-hybridized carbons (Fsp3) is 0.500. The van der Waals surface area contributed by atoms with E-state index in [1.54, 1.807) is 12.1 Å². The van der Waals surface area contributed by atoms with Crippen LogP contribution in [0.4, 0.5) is 0 Å². The van der Waals surface area contributed by atoms with E-state index in [2.05, 4.69) is 10.6 Å². The molecule has 1 atom stereocenters. The van der Waals surface area contributed by atoms with E-state index in [4.69, 9.17) is 4.74 Å². The second-order valence-electron chi connectivity index (χ2n) is 4.85. The van der Waals surface area contributed by atoms with Crippen LogP contribution in [0, 0.1) is 0 Å². The van der Waals surface area contributed by atoms with Crippen LogP contribution in [0.15, 0.2) is 18.2 Å². The van der Waals surface area contributed by atoms with E-state index >= 15 is 0 Å². The van der Waals surface area contributed by atoms with E-state index in [1.807, 2.05) is 13.0 Å². The summed E-state index contributed by atoms with van der Waals surface area (Å²) >= 11 is 0. The first-order valence-corrected chi connectivity index (χ1v) is 6.50. The quantitative estimate of drug-likeness (QED) is 0.721. The number of para-hydroxylation sites is 1. The van der Waals surface area contributed by atoms with Crippen molar-refractivity contribution in [2.24, 2.45) is 0 Å². The minimum absolute atomic E-state index is 0.00452. The van der Waals surface area contributed by atoms with Gasteiger partial charge in [0, 0.05) is 18.2 Å². The number of aromatic hydroxyl groups is 1. The Labute approximate surface area is 113 Å². The van der Waals surface area contributed by atoms with Gasteiger partial charge >= 0.3 is 0 Å². The van der Waals surface area contributed by atoms with Crippen LogP contribution in [-0.4, -0.2) is 30.2 Å². The van der Waals surface area contributed by atoms with E-state index in [9.17, 15) is 9.90 Å². The summed E-state index contributed by atoms with van der Waals surface area (Å²) in [6.45, 7) is 2.23. The molecule has 19 heavy (non-hydrogen) atoms. The van der Waals surface area contributed by atoms with Gasteiger partial charge in [0.05, 0.1) is 13.2 Å². The van der Waals surface area contributed by atoms with Gasteiger partial charge in [0.1, 0.15) is 0 Å². The second-order valence-corrected chi connectivity index (χ2v) is 4.85. The predicted octanol–water partition coefficient (Wildman–Crippen LogP) is 1.16. The standard InChI is InChI=1S/C14H20N2O3/c1-9(14(18)16-11-6-7-11)15-8-10-4-3-5-12(19-2)13(10)17/h3-5,9,11,15,17H,6-8H2,1-2H3,(H,16,18). The van der Waals surface area contributed by atoms with E-state index in [0.29, 0.717) is 23.9 Å². The number of phenolic OH excluding ortho intramolecular Hbond substituents is 1. The predicted molar refractivity (Wildman–Crippen MR) is 72.1 cm³/mol. The number of benzene rings is 1. The molecule has 0 spiro atoms. The molecule has 1 aliphatic carbocycles. The van der Waals surface area contributed by atoms with Gasteiger partial charge in [-0.3, -0.25) is 4.79 Å². The zero-order valence-corrected chi connectivity index (χ0v) is 11.3. The molecule has 5 heteroatoms. The highest BCUT2D eigenvalue weighted by molar-refractivity contribution is 5.81. The number of carbonyl (C=O) groups excluding carboxylic acids is 1. The number of methoxy groups -OCH3 is 1. The van der Waals surface area contributed by atoms with Gasteiger partial charge in [-0.05, 0) is 25.8 Å². The van der Waals surface area contributed by atoms with Crippen LogP contribution in [0.2, 0.25) is 0 Å². The molecule has 1 fully saturated rings. The first-order valence-electron chi connectivity index (χ1n) is 6.50. The van der Waals surface area contributed by atoms with Gasteiger partial charge in [-0.15, -0.1) is 0 Å². The van der Waals surface area contributed by atoms with Crippen molar-refractivity contribution in [1.29, 1.82) is 0 Å². The zero-order valence-electron chi connectivity index (χ0n) is 11.3. The summed E-state index contributed by atoms with van der Waals surface area (Å²) in [6.07, 6.45) is 2.16. The molecule has 2 rings (SSSR count). The Bertz CT molecular complexity index is 458. The van der Waals surface area contributed by atoms with Crippen LogP contribution in [-0.2, 0) is 11.3 Å². The van der Waals surface area contributed by atoms with Gasteiger partial charge in [0.15, 0.2) is 11.5 Å². The van der Waals surface area contributed by atoms with Crippen LogP contribution in [0.25, 0.3) is 0 Å². The molecule has 0 radical (unpaired) electrons. The van der Waals surface area contributed by atoms with Gasteiger partial charge in [0.25, 0.3) is 0 Å². The maximum absolute atomic E-state index is 11.8. The summed E-state index contributed by atoms with van der Waals surface area (Å²) in [5, 5.41) is 16.0. The SMILES string of the molecule is COc1cccc(CNC(C)C(=O)NC2CC2)c1O. The fourth-order valence-electron chi connectivity index (χ4n) is 1.78. The summed E-state index contributed by atoms with van der Waals surface area (Å²) in [6, 6.07) is 5.39. The van der Waals surface area contributed by atoms with Crippen molar-refractivity contribution in [3.8, 4) is 11.5 Å². The Hall–Kier alpha value is -1.75. The average molecular weight is 264 g/mol. The largest absolute Gasteiger partial charge is 0.504 e. The normalized spacial score (nSPS) is 15.9. The van der Waals surface area contributed by atoms with E-state index in [0.717, 1.165) is 12.8 Å². The highest BCUT2D eigenvalue weighted by atomic mass is 16.5. The summed E-state index contributed by atoms with van der Waals surface area (Å²) < 4.78 is 5.04. The maximum atomic E-state index is 11.8. The van der Waals surface area contributed by atoms with Crippen molar-refractivity contribution in [2.45, 2.75) is 38.4 Å². The Morgan fingerprint density at radius 3 is 2.89 bits per heavy atom. The fourth-order valence-corrected chi connectivity index (χ4v) is 1.78. The Morgan fingerprint density at radius 2 is 2.26 bits per heavy atom. The summed E-state index contributed by atoms with van der Waals surface area (Å²) in [5.41, 5.74) is 0.713. The third-order valence-electron chi connectivity index (χ3n) is 3.22. The molecule has 1 aromatic carbocycles. The summed E-state index contributed by atoms with van der Waals surface area (Å²) in [5.74, 6) is 0.562. The molecule has 1 saturated carbocycles. The molecule has 0 aliphatic heterocycles. The van der Waals surface area contributed by atoms with E-state index in [1.165, 1.54) is 7.11 Å². The molecular formula is C14H20N2O3. The third kappa shape index (κ3) is 3.61. The molecule has 1 aliphatic rings. The number of ether oxygens (including phenoxy) is 1. The van der Waals surface area contributed by atoms with Crippen LogP contribution in [0.3, 0.4) is 0 Å². The van der Waals surface area contributed by atoms with Gasteiger partial charge in [-0.1, -0.05) is 12.1 Å². The number of rotatable bonds is 6. The lowest BCUT2D eigenvalue weighted by Gasteiger charge is -2.15. The molecule has 0 aromatic heterocycles. The van der Waals surface area contributed by atoms with Crippen molar-refractivity contribution >= 4 is 5.91 Å². The van der Waals surface area contributed by atoms with Crippen LogP contribution in [0.1, 0.15) is 25.3 Å². The van der Waals surface area contributed by atoms with Crippen molar-refractivity contribution < 1.29 is 14.6 Å². The molecule has 1 amide bonds. The second kappa shape index (κ2) is 5.93. The first kappa shape index (κ1) is 13.7. The maximum Gasteiger partial charge on any atom is 0.237 e. The molecule has 1 aromatic rings. The highest BCUT2D eigenvalue weighted by Gasteiger charge is 2.25. The Morgan fingerprint density at radius 1 is 1.53 bits per heavy atom. The third-order valence-corrected chi connectivity index (χ3v) is 3.22. The minimum Gasteiger partial charge on any atom is -0.504 e. The molecule has 1 unspecified atom stereocenters. The smallest absolute Gasteiger partial charge is 0.237 e. The summed E-state index contributed by atoms with van der Waals surface area (Å²) in [7, 11) is 1.51. The monoisotopic (exact) mass is 264 g/mol. The Kier molecular flexibility index (Phi) is 4.27. The van der Waals surface area contributed by atoms with Crippen molar-refractivity contribution in [3.05, 3.63) is 23.8 Å². The zero-order chi connectivity index (χ0) is 13.8. The molecule has 104 valence electrons. The van der Waals surface area contributed by atoms with Crippen LogP contribution >= 0.6 is 0 Å². The van der Waals surface area contributed by atoms with Crippen molar-refractivity contribution in [1.82, 2.24) is 10.6 Å². The molecule has 0 saturated heterocycles. The molecular weight excluding hydrogens is 244 g/mol. The average Bonchev–Trinajstić information content (AvgIpc) is 3.21. The Balaban J connectivity index is 1.88. The number of hydrogen-bond acceptors (Lipinski definition) is 4. The summed E-state index contributed by atoms with van der Waals surface area (Å²) in [4.78, 5) is 11.8. The number of nitrogens with one attached hydrogen (secondary N) is 2. The number of amides is 1. The number of carbonyl (C=O) groups is 1. The van der Waals surface area contributed by atoms with Gasteiger partial charge in [-0.25, -0.2) is 0 Å². The molecule has 5 nitrogen and oxygen atoms in total. The van der Waals surface area contributed by atoms with Gasteiger partial charge < -0.3 is 20.5 Å². The number of phenols is 1. The number of hydrogen-bond donors (Lipinski definition) is 3. The topological polar surface area (TPSA) is 70.6 Å². The van der Waals surface area contributed by atoms with Gasteiger partial charge in [0.2, 0.25) is 5.91 Å². The lowest BCUT2D eigenvalue weighted by Crippen LogP contribution is -2.42. The lowest BCUT2D eigenvalue weighted by molar-refractivity contribution is -0.122. The van der Waals surface area contributed by atoms with Crippen molar-refractivity contribution in [3.63, 3.8) is 0 Å². The van der Waals surface area contributed by atoms with Gasteiger partial charge in [-0.2, -0.15) is 0 Å². The highest BCUT2D eigenvalue weighted by Crippen LogP contribution is 2.29. The van der Waals surface area contributed by atoms with E-state index < -0.39 is 0 Å². The first-order chi connectivity index (χ1) is 9.11. The minimum atomic E-state index is -0.286. The van der Waals surface area contributed by atoms with Crippen LogP contribution < -0.4 is 15.4 Å². The lowest BCUT2D eigenvalue weighted by atomic mass is 10.1. The van der Waals surface area contributed by atoms with Crippen LogP contribution in [0.5, 0.6) is 11.5 Å². The molecule has 0 heterocycles. The molecule has 3 N–H and O–H groups in total.